The Labute approximate surface area is 112 Å². The SMILES string of the molecule is CCCC(NC(=O)c1ccc(C)c(F)c1)C(N)=S. The largest absolute Gasteiger partial charge is 0.392 e. The van der Waals surface area contributed by atoms with Crippen LogP contribution in [0, 0.1) is 12.7 Å². The molecular formula is C13H17FN2OS. The average molecular weight is 268 g/mol. The highest BCUT2D eigenvalue weighted by Crippen LogP contribution is 2.09. The lowest BCUT2D eigenvalue weighted by Crippen LogP contribution is -2.43. The minimum Gasteiger partial charge on any atom is -0.392 e. The van der Waals surface area contributed by atoms with E-state index >= 15 is 0 Å². The fourth-order valence-corrected chi connectivity index (χ4v) is 1.73. The van der Waals surface area contributed by atoms with Gasteiger partial charge in [-0.1, -0.05) is 31.6 Å². The summed E-state index contributed by atoms with van der Waals surface area (Å²) < 4.78 is 13.4. The predicted octanol–water partition coefficient (Wildman–Crippen LogP) is 2.32. The lowest BCUT2D eigenvalue weighted by molar-refractivity contribution is 0.0945. The number of carbonyl (C=O) groups excluding carboxylic acids is 1. The highest BCUT2D eigenvalue weighted by Gasteiger charge is 2.16. The normalized spacial score (nSPS) is 11.9. The third-order valence-corrected chi connectivity index (χ3v) is 2.94. The van der Waals surface area contributed by atoms with Crippen LogP contribution in [0.25, 0.3) is 0 Å². The zero-order valence-corrected chi connectivity index (χ0v) is 11.3. The Bertz CT molecular complexity index is 462. The molecule has 0 saturated heterocycles. The van der Waals surface area contributed by atoms with Crippen molar-refractivity contribution in [2.24, 2.45) is 5.73 Å². The second-order valence-corrected chi connectivity index (χ2v) is 4.65. The van der Waals surface area contributed by atoms with Gasteiger partial charge in [-0.2, -0.15) is 0 Å². The van der Waals surface area contributed by atoms with Gasteiger partial charge in [-0.3, -0.25) is 4.79 Å². The summed E-state index contributed by atoms with van der Waals surface area (Å²) in [4.78, 5) is 12.2. The van der Waals surface area contributed by atoms with Gasteiger partial charge in [0.05, 0.1) is 11.0 Å². The molecule has 5 heteroatoms. The van der Waals surface area contributed by atoms with Gasteiger partial charge in [0.2, 0.25) is 0 Å². The van der Waals surface area contributed by atoms with E-state index < -0.39 is 5.82 Å². The third kappa shape index (κ3) is 3.77. The van der Waals surface area contributed by atoms with Crippen molar-refractivity contribution in [1.29, 1.82) is 0 Å². The van der Waals surface area contributed by atoms with Crippen LogP contribution in [0.4, 0.5) is 4.39 Å². The number of hydrogen-bond acceptors (Lipinski definition) is 2. The van der Waals surface area contributed by atoms with Crippen LogP contribution in [0.15, 0.2) is 18.2 Å². The number of nitrogens with two attached hydrogens (primary N) is 1. The fraction of sp³-hybridized carbons (Fsp3) is 0.385. The van der Waals surface area contributed by atoms with E-state index in [9.17, 15) is 9.18 Å². The molecule has 98 valence electrons. The van der Waals surface area contributed by atoms with Gasteiger partial charge in [0.25, 0.3) is 5.91 Å². The van der Waals surface area contributed by atoms with Crippen LogP contribution in [0.2, 0.25) is 0 Å². The summed E-state index contributed by atoms with van der Waals surface area (Å²) in [5, 5.41) is 2.71. The first-order valence-corrected chi connectivity index (χ1v) is 6.22. The molecule has 1 aromatic rings. The van der Waals surface area contributed by atoms with Crippen molar-refractivity contribution in [1.82, 2.24) is 5.32 Å². The van der Waals surface area contributed by atoms with E-state index in [1.807, 2.05) is 6.92 Å². The number of nitrogens with one attached hydrogen (secondary N) is 1. The summed E-state index contributed by atoms with van der Waals surface area (Å²) in [6.45, 7) is 3.62. The Morgan fingerprint density at radius 2 is 2.22 bits per heavy atom. The molecule has 1 atom stereocenters. The molecule has 18 heavy (non-hydrogen) atoms. The van der Waals surface area contributed by atoms with Gasteiger partial charge in [0, 0.05) is 5.56 Å². The molecule has 0 saturated carbocycles. The Kier molecular flexibility index (Phi) is 5.22. The van der Waals surface area contributed by atoms with Crippen LogP contribution in [-0.4, -0.2) is 16.9 Å². The lowest BCUT2D eigenvalue weighted by atomic mass is 10.1. The number of rotatable bonds is 5. The van der Waals surface area contributed by atoms with E-state index in [2.05, 4.69) is 5.32 Å². The van der Waals surface area contributed by atoms with Crippen molar-refractivity contribution in [2.45, 2.75) is 32.7 Å². The van der Waals surface area contributed by atoms with Gasteiger partial charge in [0.1, 0.15) is 5.82 Å². The van der Waals surface area contributed by atoms with Crippen molar-refractivity contribution in [3.8, 4) is 0 Å². The quantitative estimate of drug-likeness (QED) is 0.806. The standard InChI is InChI=1S/C13H17FN2OS/c1-3-4-11(12(15)18)16-13(17)9-6-5-8(2)10(14)7-9/h5-7,11H,3-4H2,1-2H3,(H2,15,18)(H,16,17). The van der Waals surface area contributed by atoms with Crippen molar-refractivity contribution >= 4 is 23.1 Å². The van der Waals surface area contributed by atoms with Gasteiger partial charge in [-0.05, 0) is 31.0 Å². The highest BCUT2D eigenvalue weighted by molar-refractivity contribution is 7.80. The molecule has 0 heterocycles. The molecule has 0 aliphatic carbocycles. The van der Waals surface area contributed by atoms with Gasteiger partial charge < -0.3 is 11.1 Å². The molecule has 0 aromatic heterocycles. The van der Waals surface area contributed by atoms with Crippen LogP contribution in [0.5, 0.6) is 0 Å². The highest BCUT2D eigenvalue weighted by atomic mass is 32.1. The monoisotopic (exact) mass is 268 g/mol. The molecule has 0 spiro atoms. The van der Waals surface area contributed by atoms with Crippen molar-refractivity contribution in [2.75, 3.05) is 0 Å². The molecule has 0 aliphatic heterocycles. The average Bonchev–Trinajstić information content (AvgIpc) is 2.31. The number of halogens is 1. The lowest BCUT2D eigenvalue weighted by Gasteiger charge is -2.16. The second-order valence-electron chi connectivity index (χ2n) is 4.18. The maximum absolute atomic E-state index is 13.4. The zero-order chi connectivity index (χ0) is 13.7. The number of amides is 1. The van der Waals surface area contributed by atoms with Crippen molar-refractivity contribution in [3.05, 3.63) is 35.1 Å². The first kappa shape index (κ1) is 14.6. The molecule has 1 aromatic carbocycles. The van der Waals surface area contributed by atoms with E-state index in [1.165, 1.54) is 6.07 Å². The predicted molar refractivity (Wildman–Crippen MR) is 74.1 cm³/mol. The van der Waals surface area contributed by atoms with Crippen LogP contribution < -0.4 is 11.1 Å². The minimum atomic E-state index is -0.398. The smallest absolute Gasteiger partial charge is 0.251 e. The molecule has 0 fully saturated rings. The molecule has 0 aliphatic rings. The summed E-state index contributed by atoms with van der Waals surface area (Å²) in [6.07, 6.45) is 1.53. The molecule has 1 rings (SSSR count). The van der Waals surface area contributed by atoms with E-state index in [0.717, 1.165) is 6.42 Å². The second kappa shape index (κ2) is 6.44. The molecule has 0 bridgehead atoms. The molecule has 0 radical (unpaired) electrons. The Morgan fingerprint density at radius 3 is 2.72 bits per heavy atom. The van der Waals surface area contributed by atoms with E-state index in [1.54, 1.807) is 19.1 Å². The number of benzene rings is 1. The zero-order valence-electron chi connectivity index (χ0n) is 10.5. The number of aryl methyl sites for hydroxylation is 1. The summed E-state index contributed by atoms with van der Waals surface area (Å²) in [5.41, 5.74) is 6.32. The van der Waals surface area contributed by atoms with E-state index in [-0.39, 0.29) is 22.5 Å². The molecule has 3 nitrogen and oxygen atoms in total. The summed E-state index contributed by atoms with van der Waals surface area (Å²) >= 11 is 4.89. The number of hydrogen-bond donors (Lipinski definition) is 2. The van der Waals surface area contributed by atoms with Crippen molar-refractivity contribution in [3.63, 3.8) is 0 Å². The summed E-state index contributed by atoms with van der Waals surface area (Å²) in [7, 11) is 0. The molecule has 1 amide bonds. The van der Waals surface area contributed by atoms with E-state index in [0.29, 0.717) is 12.0 Å². The minimum absolute atomic E-state index is 0.248. The van der Waals surface area contributed by atoms with Gasteiger partial charge in [0.15, 0.2) is 0 Å². The van der Waals surface area contributed by atoms with Crippen LogP contribution in [0.1, 0.15) is 35.7 Å². The van der Waals surface area contributed by atoms with Crippen LogP contribution in [0.3, 0.4) is 0 Å². The van der Waals surface area contributed by atoms with E-state index in [4.69, 9.17) is 18.0 Å². The molecule has 3 N–H and O–H groups in total. The van der Waals surface area contributed by atoms with Gasteiger partial charge >= 0.3 is 0 Å². The summed E-state index contributed by atoms with van der Waals surface area (Å²) in [5.74, 6) is -0.759. The Hall–Kier alpha value is -1.49. The van der Waals surface area contributed by atoms with Gasteiger partial charge in [-0.15, -0.1) is 0 Å². The maximum Gasteiger partial charge on any atom is 0.251 e. The fourth-order valence-electron chi connectivity index (χ4n) is 1.55. The molecule has 1 unspecified atom stereocenters. The topological polar surface area (TPSA) is 55.1 Å². The van der Waals surface area contributed by atoms with Crippen molar-refractivity contribution < 1.29 is 9.18 Å². The molecular weight excluding hydrogens is 251 g/mol. The summed E-state index contributed by atoms with van der Waals surface area (Å²) in [6, 6.07) is 4.02. The van der Waals surface area contributed by atoms with Crippen LogP contribution >= 0.6 is 12.2 Å². The third-order valence-electron chi connectivity index (χ3n) is 2.66. The maximum atomic E-state index is 13.4. The van der Waals surface area contributed by atoms with Gasteiger partial charge in [-0.25, -0.2) is 4.39 Å². The first-order chi connectivity index (χ1) is 8.45. The first-order valence-electron chi connectivity index (χ1n) is 5.82. The number of thiocarbonyl (C=S) groups is 1. The number of carbonyl (C=O) groups is 1. The Morgan fingerprint density at radius 1 is 1.56 bits per heavy atom. The Balaban J connectivity index is 2.80. The van der Waals surface area contributed by atoms with Crippen LogP contribution in [-0.2, 0) is 0 Å².